The number of sulfonamides is 1. The van der Waals surface area contributed by atoms with Gasteiger partial charge in [0.2, 0.25) is 10.0 Å². The van der Waals surface area contributed by atoms with Gasteiger partial charge >= 0.3 is 0 Å². The van der Waals surface area contributed by atoms with E-state index in [1.807, 2.05) is 12.1 Å². The first-order valence-corrected chi connectivity index (χ1v) is 10.2. The Kier molecular flexibility index (Phi) is 4.12. The number of H-pyrrole nitrogens is 1. The van der Waals surface area contributed by atoms with Gasteiger partial charge in [0.05, 0.1) is 4.90 Å². The van der Waals surface area contributed by atoms with Crippen LogP contribution in [0.15, 0.2) is 47.4 Å². The predicted molar refractivity (Wildman–Crippen MR) is 100 cm³/mol. The number of halogens is 1. The van der Waals surface area contributed by atoms with Crippen molar-refractivity contribution < 1.29 is 12.8 Å². The van der Waals surface area contributed by atoms with Gasteiger partial charge in [0, 0.05) is 36.1 Å². The van der Waals surface area contributed by atoms with Crippen molar-refractivity contribution >= 4 is 20.9 Å². The molecule has 6 heteroatoms. The first-order chi connectivity index (χ1) is 12.4. The van der Waals surface area contributed by atoms with Crippen LogP contribution in [0.25, 0.3) is 10.9 Å². The largest absolute Gasteiger partial charge is 0.358 e. The number of hydrogen-bond acceptors (Lipinski definition) is 2. The van der Waals surface area contributed by atoms with E-state index in [-0.39, 0.29) is 5.82 Å². The molecule has 0 spiro atoms. The van der Waals surface area contributed by atoms with Gasteiger partial charge in [-0.05, 0) is 47.4 Å². The van der Waals surface area contributed by atoms with Crippen molar-refractivity contribution in [1.29, 1.82) is 0 Å². The standard InChI is InChI=1S/C20H21FN2O2S/c1-13(2)14-3-6-16(7-4-14)26(24,25)23-10-9-19-18(12-23)17-8-5-15(21)11-20(17)22-19/h3-8,11,13,22H,9-10,12H2,1-2H3. The summed E-state index contributed by atoms with van der Waals surface area (Å²) >= 11 is 0. The first kappa shape index (κ1) is 17.2. The fourth-order valence-corrected chi connectivity index (χ4v) is 4.96. The SMILES string of the molecule is CC(C)c1ccc(S(=O)(=O)N2CCc3[nH]c4cc(F)ccc4c3C2)cc1. The second kappa shape index (κ2) is 6.21. The summed E-state index contributed by atoms with van der Waals surface area (Å²) in [5, 5.41) is 0.886. The molecule has 4 nitrogen and oxygen atoms in total. The van der Waals surface area contributed by atoms with Crippen molar-refractivity contribution in [3.63, 3.8) is 0 Å². The van der Waals surface area contributed by atoms with Crippen LogP contribution in [0.3, 0.4) is 0 Å². The van der Waals surface area contributed by atoms with Gasteiger partial charge in [-0.2, -0.15) is 4.31 Å². The van der Waals surface area contributed by atoms with Gasteiger partial charge in [0.15, 0.2) is 0 Å². The molecule has 1 N–H and O–H groups in total. The molecule has 1 aromatic heterocycles. The smallest absolute Gasteiger partial charge is 0.243 e. The Balaban J connectivity index is 1.68. The third-order valence-corrected chi connectivity index (χ3v) is 6.95. The van der Waals surface area contributed by atoms with Crippen LogP contribution in [0.4, 0.5) is 4.39 Å². The minimum atomic E-state index is -3.56. The molecule has 0 atom stereocenters. The summed E-state index contributed by atoms with van der Waals surface area (Å²) in [5.74, 6) is 0.0572. The van der Waals surface area contributed by atoms with E-state index in [1.54, 1.807) is 18.2 Å². The third kappa shape index (κ3) is 2.83. The number of aromatic nitrogens is 1. The summed E-state index contributed by atoms with van der Waals surface area (Å²) in [6.07, 6.45) is 0.592. The molecule has 0 bridgehead atoms. The molecule has 0 saturated carbocycles. The Bertz CT molecular complexity index is 1070. The molecular weight excluding hydrogens is 351 g/mol. The molecule has 2 aromatic carbocycles. The topological polar surface area (TPSA) is 53.2 Å². The van der Waals surface area contributed by atoms with E-state index in [9.17, 15) is 12.8 Å². The van der Waals surface area contributed by atoms with Gasteiger partial charge in [0.25, 0.3) is 0 Å². The van der Waals surface area contributed by atoms with Crippen molar-refractivity contribution in [1.82, 2.24) is 9.29 Å². The number of benzene rings is 2. The van der Waals surface area contributed by atoms with E-state index in [0.717, 1.165) is 27.7 Å². The molecule has 0 saturated heterocycles. The average Bonchev–Trinajstić information content (AvgIpc) is 2.98. The number of nitrogens with zero attached hydrogens (tertiary/aromatic N) is 1. The van der Waals surface area contributed by atoms with Crippen LogP contribution in [-0.4, -0.2) is 24.3 Å². The Morgan fingerprint density at radius 1 is 1.12 bits per heavy atom. The van der Waals surface area contributed by atoms with E-state index in [2.05, 4.69) is 18.8 Å². The van der Waals surface area contributed by atoms with Crippen LogP contribution in [0.5, 0.6) is 0 Å². The number of fused-ring (bicyclic) bond motifs is 3. The molecular formula is C20H21FN2O2S. The lowest BCUT2D eigenvalue weighted by molar-refractivity contribution is 0.391. The van der Waals surface area contributed by atoms with Crippen LogP contribution in [-0.2, 0) is 23.0 Å². The van der Waals surface area contributed by atoms with Crippen LogP contribution in [0.1, 0.15) is 36.6 Å². The molecule has 1 aliphatic heterocycles. The third-order valence-electron chi connectivity index (χ3n) is 5.09. The molecule has 0 fully saturated rings. The van der Waals surface area contributed by atoms with Crippen molar-refractivity contribution in [3.05, 3.63) is 65.1 Å². The van der Waals surface area contributed by atoms with Gasteiger partial charge in [-0.15, -0.1) is 0 Å². The second-order valence-corrected chi connectivity index (χ2v) is 9.02. The maximum absolute atomic E-state index is 13.5. The van der Waals surface area contributed by atoms with E-state index in [1.165, 1.54) is 16.4 Å². The van der Waals surface area contributed by atoms with Crippen molar-refractivity contribution in [2.24, 2.45) is 0 Å². The predicted octanol–water partition coefficient (Wildman–Crippen LogP) is 4.18. The molecule has 3 aromatic rings. The van der Waals surface area contributed by atoms with Crippen molar-refractivity contribution in [2.75, 3.05) is 6.54 Å². The van der Waals surface area contributed by atoms with E-state index in [4.69, 9.17) is 0 Å². The monoisotopic (exact) mass is 372 g/mol. The van der Waals surface area contributed by atoms with E-state index >= 15 is 0 Å². The lowest BCUT2D eigenvalue weighted by Crippen LogP contribution is -2.35. The molecule has 4 rings (SSSR count). The summed E-state index contributed by atoms with van der Waals surface area (Å²) in [4.78, 5) is 3.54. The normalized spacial score (nSPS) is 15.5. The van der Waals surface area contributed by atoms with Crippen molar-refractivity contribution in [3.8, 4) is 0 Å². The quantitative estimate of drug-likeness (QED) is 0.750. The van der Waals surface area contributed by atoms with E-state index in [0.29, 0.717) is 30.3 Å². The fourth-order valence-electron chi connectivity index (χ4n) is 3.55. The zero-order valence-corrected chi connectivity index (χ0v) is 15.6. The highest BCUT2D eigenvalue weighted by atomic mass is 32.2. The van der Waals surface area contributed by atoms with Gasteiger partial charge in [-0.3, -0.25) is 0 Å². The molecule has 0 unspecified atom stereocenters. The summed E-state index contributed by atoms with van der Waals surface area (Å²) < 4.78 is 41.1. The Morgan fingerprint density at radius 2 is 1.85 bits per heavy atom. The summed E-state index contributed by atoms with van der Waals surface area (Å²) in [6.45, 7) is 4.87. The zero-order valence-electron chi connectivity index (χ0n) is 14.8. The highest BCUT2D eigenvalue weighted by Crippen LogP contribution is 2.31. The highest BCUT2D eigenvalue weighted by molar-refractivity contribution is 7.89. The molecule has 0 amide bonds. The number of hydrogen-bond donors (Lipinski definition) is 1. The average molecular weight is 372 g/mol. The number of nitrogens with one attached hydrogen (secondary N) is 1. The van der Waals surface area contributed by atoms with Crippen LogP contribution in [0.2, 0.25) is 0 Å². The Labute approximate surface area is 152 Å². The molecule has 2 heterocycles. The highest BCUT2D eigenvalue weighted by Gasteiger charge is 2.30. The minimum absolute atomic E-state index is 0.300. The van der Waals surface area contributed by atoms with Gasteiger partial charge < -0.3 is 4.98 Å². The Hall–Kier alpha value is -2.18. The maximum atomic E-state index is 13.5. The Morgan fingerprint density at radius 3 is 2.54 bits per heavy atom. The summed E-state index contributed by atoms with van der Waals surface area (Å²) in [7, 11) is -3.56. The van der Waals surface area contributed by atoms with Gasteiger partial charge in [0.1, 0.15) is 5.82 Å². The van der Waals surface area contributed by atoms with Crippen LogP contribution in [0, 0.1) is 5.82 Å². The lowest BCUT2D eigenvalue weighted by atomic mass is 10.0. The minimum Gasteiger partial charge on any atom is -0.358 e. The molecule has 26 heavy (non-hydrogen) atoms. The summed E-state index contributed by atoms with van der Waals surface area (Å²) in [6, 6.07) is 11.7. The van der Waals surface area contributed by atoms with Crippen LogP contribution < -0.4 is 0 Å². The summed E-state index contributed by atoms with van der Waals surface area (Å²) in [5.41, 5.74) is 3.76. The fraction of sp³-hybridized carbons (Fsp3) is 0.300. The number of aromatic amines is 1. The maximum Gasteiger partial charge on any atom is 0.243 e. The van der Waals surface area contributed by atoms with Crippen molar-refractivity contribution in [2.45, 2.75) is 37.6 Å². The zero-order chi connectivity index (χ0) is 18.5. The molecule has 0 radical (unpaired) electrons. The molecule has 136 valence electrons. The molecule has 0 aliphatic carbocycles. The lowest BCUT2D eigenvalue weighted by Gasteiger charge is -2.26. The van der Waals surface area contributed by atoms with Gasteiger partial charge in [-0.1, -0.05) is 26.0 Å². The second-order valence-electron chi connectivity index (χ2n) is 7.08. The first-order valence-electron chi connectivity index (χ1n) is 8.75. The number of rotatable bonds is 3. The van der Waals surface area contributed by atoms with E-state index < -0.39 is 10.0 Å². The molecule has 1 aliphatic rings. The van der Waals surface area contributed by atoms with Gasteiger partial charge in [-0.25, -0.2) is 12.8 Å². The van der Waals surface area contributed by atoms with Crippen LogP contribution >= 0.6 is 0 Å².